The van der Waals surface area contributed by atoms with Crippen LogP contribution in [-0.2, 0) is 4.79 Å². The highest BCUT2D eigenvalue weighted by Crippen LogP contribution is 2.16. The first kappa shape index (κ1) is 6.86. The van der Waals surface area contributed by atoms with Gasteiger partial charge in [-0.25, -0.2) is 0 Å². The summed E-state index contributed by atoms with van der Waals surface area (Å²) in [6.45, 7) is 0. The van der Waals surface area contributed by atoms with E-state index in [0.717, 1.165) is 6.26 Å². The van der Waals surface area contributed by atoms with Gasteiger partial charge in [-0.15, -0.1) is 0 Å². The van der Waals surface area contributed by atoms with Crippen LogP contribution < -0.4 is 0 Å². The maximum absolute atomic E-state index is 10.6. The van der Waals surface area contributed by atoms with Crippen molar-refractivity contribution < 1.29 is 15.0 Å². The average Bonchev–Trinajstić information content (AvgIpc) is 1.95. The summed E-state index contributed by atoms with van der Waals surface area (Å²) in [7, 11) is 0. The van der Waals surface area contributed by atoms with Gasteiger partial charge in [-0.3, -0.25) is 4.79 Å². The van der Waals surface area contributed by atoms with Gasteiger partial charge in [0.2, 0.25) is 0 Å². The smallest absolute Gasteiger partial charge is 0.197 e. The van der Waals surface area contributed by atoms with Crippen LogP contribution >= 0.6 is 0 Å². The summed E-state index contributed by atoms with van der Waals surface area (Å²) in [5.74, 6) is -0.517. The molecule has 0 radical (unpaired) electrons. The van der Waals surface area contributed by atoms with E-state index in [1.807, 2.05) is 0 Å². The Kier molecular flexibility index (Phi) is 1.76. The monoisotopic (exact) mass is 140 g/mol. The van der Waals surface area contributed by atoms with Gasteiger partial charge in [-0.05, 0) is 18.1 Å². The Morgan fingerprint density at radius 1 is 1.50 bits per heavy atom. The van der Waals surface area contributed by atoms with Crippen LogP contribution in [-0.4, -0.2) is 16.0 Å². The third kappa shape index (κ3) is 1.18. The second kappa shape index (κ2) is 2.56. The zero-order chi connectivity index (χ0) is 7.56. The van der Waals surface area contributed by atoms with Gasteiger partial charge in [0.05, 0.1) is 6.26 Å². The van der Waals surface area contributed by atoms with Crippen molar-refractivity contribution in [3.63, 3.8) is 0 Å². The molecule has 2 N–H and O–H groups in total. The summed E-state index contributed by atoms with van der Waals surface area (Å²) >= 11 is 0. The molecule has 1 aliphatic rings. The molecular formula is C7H8O3. The first-order valence-corrected chi connectivity index (χ1v) is 3.01. The molecule has 10 heavy (non-hydrogen) atoms. The molecule has 0 aromatic heterocycles. The summed E-state index contributed by atoms with van der Waals surface area (Å²) in [5, 5.41) is 17.3. The van der Waals surface area contributed by atoms with E-state index in [-0.39, 0.29) is 18.0 Å². The van der Waals surface area contributed by atoms with E-state index >= 15 is 0 Å². The molecule has 0 saturated heterocycles. The minimum Gasteiger partial charge on any atom is -0.515 e. The number of aliphatic hydroxyl groups is 2. The molecule has 0 heterocycles. The highest BCUT2D eigenvalue weighted by atomic mass is 16.3. The lowest BCUT2D eigenvalue weighted by Crippen LogP contribution is -2.07. The van der Waals surface area contributed by atoms with Crippen LogP contribution in [0.3, 0.4) is 0 Å². The number of hydrogen-bond acceptors (Lipinski definition) is 3. The third-order valence-corrected chi connectivity index (χ3v) is 1.41. The lowest BCUT2D eigenvalue weighted by molar-refractivity contribution is -0.118. The molecule has 0 unspecified atom stereocenters. The summed E-state index contributed by atoms with van der Waals surface area (Å²) in [6, 6.07) is 0. The Balaban J connectivity index is 2.85. The molecule has 0 spiro atoms. The number of carbonyl (C=O) groups excluding carboxylic acids is 1. The average molecular weight is 140 g/mol. The number of rotatable bonds is 0. The Bertz CT molecular complexity index is 213. The van der Waals surface area contributed by atoms with Crippen LogP contribution in [0.2, 0.25) is 0 Å². The molecule has 0 atom stereocenters. The zero-order valence-electron chi connectivity index (χ0n) is 5.37. The second-order valence-corrected chi connectivity index (χ2v) is 2.16. The van der Waals surface area contributed by atoms with E-state index in [4.69, 9.17) is 10.2 Å². The van der Waals surface area contributed by atoms with Gasteiger partial charge >= 0.3 is 0 Å². The molecule has 1 rings (SSSR count). The molecule has 1 aliphatic carbocycles. The standard InChI is InChI=1S/C7H8O3/c8-4-5-1-2-6(9)7(10)3-5/h3-4,8,10H,1-2H2. The number of aliphatic hydroxyl groups excluding tert-OH is 2. The molecule has 3 heteroatoms. The molecule has 0 aromatic carbocycles. The largest absolute Gasteiger partial charge is 0.515 e. The van der Waals surface area contributed by atoms with Gasteiger partial charge in [-0.1, -0.05) is 0 Å². The minimum atomic E-state index is -0.259. The number of carbonyl (C=O) groups is 1. The van der Waals surface area contributed by atoms with Gasteiger partial charge in [0.25, 0.3) is 0 Å². The maximum atomic E-state index is 10.6. The first-order valence-electron chi connectivity index (χ1n) is 3.01. The minimum absolute atomic E-state index is 0.258. The fraction of sp³-hybridized carbons (Fsp3) is 0.286. The van der Waals surface area contributed by atoms with Crippen LogP contribution in [0, 0.1) is 0 Å². The predicted octanol–water partition coefficient (Wildman–Crippen LogP) is 1.23. The van der Waals surface area contributed by atoms with Crippen LogP contribution in [0.15, 0.2) is 23.7 Å². The first-order chi connectivity index (χ1) is 4.74. The molecule has 0 saturated carbocycles. The van der Waals surface area contributed by atoms with Crippen molar-refractivity contribution in [2.75, 3.05) is 0 Å². The molecule has 54 valence electrons. The van der Waals surface area contributed by atoms with Crippen molar-refractivity contribution in [2.45, 2.75) is 12.8 Å². The van der Waals surface area contributed by atoms with E-state index in [1.54, 1.807) is 0 Å². The summed E-state index contributed by atoms with van der Waals surface area (Å²) in [6.07, 6.45) is 2.99. The number of ketones is 1. The van der Waals surface area contributed by atoms with Gasteiger partial charge < -0.3 is 10.2 Å². The highest BCUT2D eigenvalue weighted by Gasteiger charge is 2.14. The van der Waals surface area contributed by atoms with Crippen molar-refractivity contribution >= 4 is 5.78 Å². The van der Waals surface area contributed by atoms with Crippen LogP contribution in [0.1, 0.15) is 12.8 Å². The van der Waals surface area contributed by atoms with E-state index < -0.39 is 0 Å². The van der Waals surface area contributed by atoms with Crippen LogP contribution in [0.25, 0.3) is 0 Å². The van der Waals surface area contributed by atoms with Gasteiger partial charge in [0.15, 0.2) is 11.5 Å². The van der Waals surface area contributed by atoms with Gasteiger partial charge in [0.1, 0.15) is 0 Å². The number of allylic oxidation sites excluding steroid dienone is 3. The number of Topliss-reactive ketones (excluding diaryl/α,β-unsaturated/α-hetero) is 1. The second-order valence-electron chi connectivity index (χ2n) is 2.16. The summed E-state index contributed by atoms with van der Waals surface area (Å²) in [4.78, 5) is 10.6. The SMILES string of the molecule is O=C1CCC(=CO)C=C1O. The Morgan fingerprint density at radius 3 is 2.70 bits per heavy atom. The molecule has 0 amide bonds. The maximum Gasteiger partial charge on any atom is 0.197 e. The molecule has 0 bridgehead atoms. The Hall–Kier alpha value is -1.25. The van der Waals surface area contributed by atoms with E-state index in [9.17, 15) is 4.79 Å². The van der Waals surface area contributed by atoms with E-state index in [0.29, 0.717) is 12.0 Å². The van der Waals surface area contributed by atoms with Crippen LogP contribution in [0.4, 0.5) is 0 Å². The highest BCUT2D eigenvalue weighted by molar-refractivity contribution is 5.94. The summed E-state index contributed by atoms with van der Waals surface area (Å²) in [5.41, 5.74) is 0.595. The van der Waals surface area contributed by atoms with Gasteiger partial charge in [0, 0.05) is 6.42 Å². The third-order valence-electron chi connectivity index (χ3n) is 1.41. The van der Waals surface area contributed by atoms with Crippen molar-refractivity contribution in [3.05, 3.63) is 23.7 Å². The fourth-order valence-electron chi connectivity index (χ4n) is 0.816. The quantitative estimate of drug-likeness (QED) is 0.497. The van der Waals surface area contributed by atoms with Crippen molar-refractivity contribution in [2.24, 2.45) is 0 Å². The zero-order valence-corrected chi connectivity index (χ0v) is 5.37. The van der Waals surface area contributed by atoms with Crippen molar-refractivity contribution in [1.29, 1.82) is 0 Å². The molecule has 3 nitrogen and oxygen atoms in total. The Labute approximate surface area is 58.3 Å². The molecule has 0 fully saturated rings. The molecule has 0 aliphatic heterocycles. The molecular weight excluding hydrogens is 132 g/mol. The molecule has 0 aromatic rings. The lowest BCUT2D eigenvalue weighted by Gasteiger charge is -2.07. The number of hydrogen-bond donors (Lipinski definition) is 2. The van der Waals surface area contributed by atoms with Crippen molar-refractivity contribution in [3.8, 4) is 0 Å². The van der Waals surface area contributed by atoms with Gasteiger partial charge in [-0.2, -0.15) is 0 Å². The fourth-order valence-corrected chi connectivity index (χ4v) is 0.816. The topological polar surface area (TPSA) is 57.5 Å². The lowest BCUT2D eigenvalue weighted by atomic mass is 10.0. The summed E-state index contributed by atoms with van der Waals surface area (Å²) < 4.78 is 0. The Morgan fingerprint density at radius 2 is 2.20 bits per heavy atom. The predicted molar refractivity (Wildman–Crippen MR) is 35.7 cm³/mol. The van der Waals surface area contributed by atoms with E-state index in [2.05, 4.69) is 0 Å². The van der Waals surface area contributed by atoms with E-state index in [1.165, 1.54) is 6.08 Å². The van der Waals surface area contributed by atoms with Crippen LogP contribution in [0.5, 0.6) is 0 Å². The van der Waals surface area contributed by atoms with Crippen molar-refractivity contribution in [1.82, 2.24) is 0 Å². The normalized spacial score (nSPS) is 23.0.